The van der Waals surface area contributed by atoms with Crippen molar-refractivity contribution in [2.45, 2.75) is 13.5 Å². The summed E-state index contributed by atoms with van der Waals surface area (Å²) in [6.07, 6.45) is 3.46. The second kappa shape index (κ2) is 8.11. The summed E-state index contributed by atoms with van der Waals surface area (Å²) in [6, 6.07) is 12.0. The Morgan fingerprint density at radius 1 is 1.14 bits per heavy atom. The highest BCUT2D eigenvalue weighted by Crippen LogP contribution is 2.24. The van der Waals surface area contributed by atoms with Crippen LogP contribution in [0.2, 0.25) is 0 Å². The normalized spacial score (nSPS) is 9.55. The van der Waals surface area contributed by atoms with E-state index in [0.717, 1.165) is 0 Å². The van der Waals surface area contributed by atoms with Crippen molar-refractivity contribution in [1.82, 2.24) is 0 Å². The van der Waals surface area contributed by atoms with Crippen LogP contribution in [-0.4, -0.2) is 17.0 Å². The van der Waals surface area contributed by atoms with Gasteiger partial charge in [0.2, 0.25) is 12.5 Å². The van der Waals surface area contributed by atoms with Gasteiger partial charge in [0.15, 0.2) is 12.4 Å². The Morgan fingerprint density at radius 2 is 1.77 bits per heavy atom. The van der Waals surface area contributed by atoms with Crippen LogP contribution in [0.4, 0.5) is 11.4 Å². The van der Waals surface area contributed by atoms with Crippen molar-refractivity contribution in [3.05, 3.63) is 54.9 Å². The van der Waals surface area contributed by atoms with E-state index >= 15 is 0 Å². The zero-order valence-electron chi connectivity index (χ0n) is 11.9. The summed E-state index contributed by atoms with van der Waals surface area (Å²) in [6.45, 7) is 1.35. The van der Waals surface area contributed by atoms with E-state index in [4.69, 9.17) is 0 Å². The van der Waals surface area contributed by atoms with Crippen LogP contribution >= 0.6 is 0 Å². The zero-order valence-corrected chi connectivity index (χ0v) is 12.7. The van der Waals surface area contributed by atoms with Crippen LogP contribution < -0.4 is 27.4 Å². The Hall–Kier alpha value is -2.44. The number of anilines is 2. The maximum atomic E-state index is 12.1. The molecule has 1 heterocycles. The summed E-state index contributed by atoms with van der Waals surface area (Å²) in [7, 11) is 0. The molecule has 0 aliphatic carbocycles. The fourth-order valence-electron chi connectivity index (χ4n) is 1.85. The summed E-state index contributed by atoms with van der Waals surface area (Å²) < 4.78 is 1.65. The summed E-state index contributed by atoms with van der Waals surface area (Å²) in [5.41, 5.74) is 0.605. The van der Waals surface area contributed by atoms with Crippen LogP contribution in [0, 0.1) is 0 Å². The first kappa shape index (κ1) is 17.6. The van der Waals surface area contributed by atoms with E-state index in [-0.39, 0.29) is 30.5 Å². The fourth-order valence-corrected chi connectivity index (χ4v) is 1.85. The first-order valence-corrected chi connectivity index (χ1v) is 6.40. The van der Waals surface area contributed by atoms with E-state index in [0.29, 0.717) is 10.8 Å². The first-order chi connectivity index (χ1) is 10.1. The van der Waals surface area contributed by atoms with Gasteiger partial charge < -0.3 is 17.7 Å². The van der Waals surface area contributed by atoms with Gasteiger partial charge in [-0.25, -0.2) is 0 Å². The van der Waals surface area contributed by atoms with Crippen molar-refractivity contribution in [3.8, 4) is 0 Å². The van der Waals surface area contributed by atoms with Crippen LogP contribution in [-0.2, 0) is 16.1 Å². The molecule has 0 unspecified atom stereocenters. The zero-order chi connectivity index (χ0) is 15.2. The van der Waals surface area contributed by atoms with Crippen LogP contribution in [0.25, 0.3) is 0 Å². The van der Waals surface area contributed by atoms with Crippen molar-refractivity contribution >= 4 is 23.2 Å². The van der Waals surface area contributed by atoms with Crippen molar-refractivity contribution in [3.63, 3.8) is 0 Å². The van der Waals surface area contributed by atoms with E-state index in [1.807, 2.05) is 6.07 Å². The molecule has 0 bridgehead atoms. The third-order valence-corrected chi connectivity index (χ3v) is 2.77. The number of nitrogens with one attached hydrogen (secondary N) is 1. The van der Waals surface area contributed by atoms with E-state index in [9.17, 15) is 14.8 Å². The topological polar surface area (TPSA) is 73.5 Å². The number of halogens is 1. The van der Waals surface area contributed by atoms with Gasteiger partial charge in [0.1, 0.15) is 0 Å². The van der Waals surface area contributed by atoms with Crippen molar-refractivity contribution in [2.75, 3.05) is 10.4 Å². The second-order valence-electron chi connectivity index (χ2n) is 4.45. The minimum atomic E-state index is -0.510. The lowest BCUT2D eigenvalue weighted by molar-refractivity contribution is -0.684. The summed E-state index contributed by atoms with van der Waals surface area (Å²) in [5.74, 6) is -0.787. The van der Waals surface area contributed by atoms with Crippen molar-refractivity contribution in [2.24, 2.45) is 0 Å². The van der Waals surface area contributed by atoms with Gasteiger partial charge in [-0.1, -0.05) is 18.2 Å². The molecule has 7 heteroatoms. The lowest BCUT2D eigenvalue weighted by Crippen LogP contribution is -3.00. The Bertz CT molecular complexity index is 649. The van der Waals surface area contributed by atoms with Gasteiger partial charge in [0.05, 0.1) is 11.4 Å². The van der Waals surface area contributed by atoms with Gasteiger partial charge in [-0.3, -0.25) is 14.8 Å². The summed E-state index contributed by atoms with van der Waals surface area (Å²) >= 11 is 0. The number of hydrogen-bond donors (Lipinski definition) is 2. The molecule has 0 saturated carbocycles. The van der Waals surface area contributed by atoms with E-state index in [1.165, 1.54) is 6.92 Å². The third-order valence-electron chi connectivity index (χ3n) is 2.77. The number of para-hydroxylation sites is 2. The molecule has 1 aromatic heterocycles. The number of carbonyl (C=O) groups is 2. The Balaban J connectivity index is 0.00000242. The molecule has 22 heavy (non-hydrogen) atoms. The number of benzene rings is 1. The molecule has 2 N–H and O–H groups in total. The highest BCUT2D eigenvalue weighted by Gasteiger charge is 2.20. The average Bonchev–Trinajstić information content (AvgIpc) is 2.47. The van der Waals surface area contributed by atoms with E-state index < -0.39 is 5.91 Å². The molecule has 2 amide bonds. The highest BCUT2D eigenvalue weighted by atomic mass is 35.5. The molecule has 2 aromatic rings. The van der Waals surface area contributed by atoms with Crippen LogP contribution in [0.15, 0.2) is 54.9 Å². The largest absolute Gasteiger partial charge is 1.00 e. The van der Waals surface area contributed by atoms with Gasteiger partial charge in [-0.2, -0.15) is 9.63 Å². The number of hydrogen-bond acceptors (Lipinski definition) is 3. The number of nitrogens with zero attached hydrogens (tertiary/aromatic N) is 2. The SMILES string of the molecule is CC(=O)Nc1ccccc1N(O)C(=O)C[n+]1ccccc1.[Cl-]. The predicted molar refractivity (Wildman–Crippen MR) is 76.7 cm³/mol. The summed E-state index contributed by atoms with van der Waals surface area (Å²) in [5, 5.41) is 13.2. The smallest absolute Gasteiger partial charge is 0.316 e. The third kappa shape index (κ3) is 4.54. The van der Waals surface area contributed by atoms with Crippen LogP contribution in [0.3, 0.4) is 0 Å². The number of rotatable bonds is 4. The predicted octanol–water partition coefficient (Wildman–Crippen LogP) is -1.64. The van der Waals surface area contributed by atoms with Gasteiger partial charge in [-0.05, 0) is 12.1 Å². The standard InChI is InChI=1S/C15H15N3O3.ClH/c1-12(19)16-13-7-3-4-8-14(13)18(21)15(20)11-17-9-5-2-6-10-17;/h2-10,21H,11H2,1H3;1H. The quantitative estimate of drug-likeness (QED) is 0.403. The highest BCUT2D eigenvalue weighted by molar-refractivity contribution is 5.98. The van der Waals surface area contributed by atoms with E-state index in [2.05, 4.69) is 5.32 Å². The molecule has 0 saturated heterocycles. The number of aromatic nitrogens is 1. The molecular formula is C15H16ClN3O3. The molecule has 0 aliphatic heterocycles. The minimum Gasteiger partial charge on any atom is -1.00 e. The molecule has 2 rings (SSSR count). The van der Waals surface area contributed by atoms with Crippen molar-refractivity contribution in [1.29, 1.82) is 0 Å². The van der Waals surface area contributed by atoms with Crippen LogP contribution in [0.1, 0.15) is 6.92 Å². The molecule has 0 fully saturated rings. The van der Waals surface area contributed by atoms with Gasteiger partial charge in [-0.15, -0.1) is 0 Å². The lowest BCUT2D eigenvalue weighted by Gasteiger charge is -2.17. The molecule has 6 nitrogen and oxygen atoms in total. The maximum absolute atomic E-state index is 12.1. The molecule has 0 spiro atoms. The average molecular weight is 322 g/mol. The second-order valence-corrected chi connectivity index (χ2v) is 4.45. The molecule has 116 valence electrons. The van der Waals surface area contributed by atoms with E-state index in [1.54, 1.807) is 53.4 Å². The monoisotopic (exact) mass is 321 g/mol. The van der Waals surface area contributed by atoms with Gasteiger partial charge in [0.25, 0.3) is 0 Å². The number of amides is 2. The molecular weight excluding hydrogens is 306 g/mol. The van der Waals surface area contributed by atoms with Gasteiger partial charge in [0, 0.05) is 19.1 Å². The fraction of sp³-hybridized carbons (Fsp3) is 0.133. The van der Waals surface area contributed by atoms with Crippen LogP contribution in [0.5, 0.6) is 0 Å². The summed E-state index contributed by atoms with van der Waals surface area (Å²) in [4.78, 5) is 23.2. The first-order valence-electron chi connectivity index (χ1n) is 6.40. The minimum absolute atomic E-state index is 0. The maximum Gasteiger partial charge on any atom is 0.316 e. The lowest BCUT2D eigenvalue weighted by atomic mass is 10.2. The molecule has 0 aliphatic rings. The Kier molecular flexibility index (Phi) is 6.49. The number of hydroxylamine groups is 1. The number of pyridine rings is 1. The van der Waals surface area contributed by atoms with Crippen molar-refractivity contribution < 1.29 is 31.8 Å². The molecule has 0 atom stereocenters. The Morgan fingerprint density at radius 3 is 2.41 bits per heavy atom. The van der Waals surface area contributed by atoms with Gasteiger partial charge >= 0.3 is 5.91 Å². The Labute approximate surface area is 134 Å². The molecule has 1 aromatic carbocycles. The molecule has 0 radical (unpaired) electrons. The number of carbonyl (C=O) groups excluding carboxylic acids is 2.